The summed E-state index contributed by atoms with van der Waals surface area (Å²) >= 11 is 5.64. The minimum atomic E-state index is 0.508. The summed E-state index contributed by atoms with van der Waals surface area (Å²) in [6.45, 7) is 7.29. The molecule has 0 aromatic heterocycles. The van der Waals surface area contributed by atoms with Crippen LogP contribution in [0.4, 0.5) is 0 Å². The van der Waals surface area contributed by atoms with Gasteiger partial charge in [-0.25, -0.2) is 0 Å². The number of unbranched alkanes of at least 4 members (excludes halogenated alkanes) is 2. The molecule has 1 aromatic carbocycles. The quantitative estimate of drug-likeness (QED) is 0.496. The number of ether oxygens (including phenoxy) is 1. The molecule has 0 heterocycles. The van der Waals surface area contributed by atoms with Crippen LogP contribution in [0, 0.1) is 6.92 Å². The maximum atomic E-state index is 5.88. The van der Waals surface area contributed by atoms with Gasteiger partial charge in [0.2, 0.25) is 0 Å². The Bertz CT molecular complexity index is 334. The molecule has 17 heavy (non-hydrogen) atoms. The van der Waals surface area contributed by atoms with E-state index in [-0.39, 0.29) is 0 Å². The van der Waals surface area contributed by atoms with Gasteiger partial charge in [-0.15, -0.1) is 11.6 Å². The summed E-state index contributed by atoms with van der Waals surface area (Å²) in [5.41, 5.74) is 2.55. The molecule has 1 aromatic rings. The van der Waals surface area contributed by atoms with Crippen molar-refractivity contribution in [3.8, 4) is 5.75 Å². The third-order valence-electron chi connectivity index (χ3n) is 2.83. The number of benzene rings is 1. The number of hydrogen-bond donors (Lipinski definition) is 0. The Morgan fingerprint density at radius 3 is 2.59 bits per heavy atom. The lowest BCUT2D eigenvalue weighted by Crippen LogP contribution is -2.02. The van der Waals surface area contributed by atoms with Crippen LogP contribution in [-0.4, -0.2) is 12.5 Å². The van der Waals surface area contributed by atoms with Gasteiger partial charge < -0.3 is 4.74 Å². The van der Waals surface area contributed by atoms with Crippen LogP contribution in [0.2, 0.25) is 0 Å². The van der Waals surface area contributed by atoms with Crippen LogP contribution in [0.1, 0.15) is 50.2 Å². The monoisotopic (exact) mass is 254 g/mol. The van der Waals surface area contributed by atoms with Crippen LogP contribution in [0.5, 0.6) is 5.75 Å². The van der Waals surface area contributed by atoms with Gasteiger partial charge in [0.05, 0.1) is 6.61 Å². The van der Waals surface area contributed by atoms with Crippen molar-refractivity contribution in [1.29, 1.82) is 0 Å². The fourth-order valence-electron chi connectivity index (χ4n) is 1.80. The Morgan fingerprint density at radius 2 is 1.94 bits per heavy atom. The topological polar surface area (TPSA) is 9.23 Å². The highest BCUT2D eigenvalue weighted by Gasteiger charge is 2.07. The molecule has 96 valence electrons. The van der Waals surface area contributed by atoms with Gasteiger partial charge in [-0.1, -0.05) is 26.0 Å². The zero-order chi connectivity index (χ0) is 12.7. The summed E-state index contributed by atoms with van der Waals surface area (Å²) in [5, 5.41) is 0. The van der Waals surface area contributed by atoms with Gasteiger partial charge in [0, 0.05) is 5.88 Å². The standard InChI is InChI=1S/C15H23ClO/c1-12(2)14-8-7-13(3)11-15(14)17-10-6-4-5-9-16/h7-8,11-12H,4-6,9-10H2,1-3H3. The highest BCUT2D eigenvalue weighted by Crippen LogP contribution is 2.27. The van der Waals surface area contributed by atoms with Gasteiger partial charge >= 0.3 is 0 Å². The van der Waals surface area contributed by atoms with E-state index in [0.717, 1.165) is 37.5 Å². The molecule has 0 aliphatic heterocycles. The number of halogens is 1. The van der Waals surface area contributed by atoms with E-state index in [1.54, 1.807) is 0 Å². The lowest BCUT2D eigenvalue weighted by molar-refractivity contribution is 0.302. The highest BCUT2D eigenvalue weighted by atomic mass is 35.5. The van der Waals surface area contributed by atoms with Crippen LogP contribution < -0.4 is 4.74 Å². The molecule has 2 heteroatoms. The van der Waals surface area contributed by atoms with E-state index in [4.69, 9.17) is 16.3 Å². The maximum absolute atomic E-state index is 5.88. The second kappa shape index (κ2) is 7.60. The van der Waals surface area contributed by atoms with Crippen molar-refractivity contribution in [2.24, 2.45) is 0 Å². The third-order valence-corrected chi connectivity index (χ3v) is 3.09. The van der Waals surface area contributed by atoms with E-state index in [2.05, 4.69) is 39.0 Å². The van der Waals surface area contributed by atoms with Gasteiger partial charge in [-0.05, 0) is 49.3 Å². The molecule has 0 bridgehead atoms. The average Bonchev–Trinajstić information content (AvgIpc) is 2.28. The summed E-state index contributed by atoms with van der Waals surface area (Å²) in [6.07, 6.45) is 3.31. The Labute approximate surface area is 110 Å². The summed E-state index contributed by atoms with van der Waals surface area (Å²) in [4.78, 5) is 0. The fourth-order valence-corrected chi connectivity index (χ4v) is 1.99. The summed E-state index contributed by atoms with van der Waals surface area (Å²) in [6, 6.07) is 6.46. The van der Waals surface area contributed by atoms with Crippen LogP contribution in [-0.2, 0) is 0 Å². The Kier molecular flexibility index (Phi) is 6.43. The maximum Gasteiger partial charge on any atom is 0.122 e. The zero-order valence-electron chi connectivity index (χ0n) is 11.1. The summed E-state index contributed by atoms with van der Waals surface area (Å²) < 4.78 is 5.88. The fraction of sp³-hybridized carbons (Fsp3) is 0.600. The molecular formula is C15H23ClO. The third kappa shape index (κ3) is 4.99. The average molecular weight is 255 g/mol. The van der Waals surface area contributed by atoms with Gasteiger partial charge in [0.25, 0.3) is 0 Å². The molecule has 0 unspecified atom stereocenters. The molecule has 0 spiro atoms. The first-order chi connectivity index (χ1) is 8.15. The summed E-state index contributed by atoms with van der Waals surface area (Å²) in [7, 11) is 0. The van der Waals surface area contributed by atoms with E-state index >= 15 is 0 Å². The number of aryl methyl sites for hydroxylation is 1. The SMILES string of the molecule is Cc1ccc(C(C)C)c(OCCCCCCl)c1. The van der Waals surface area contributed by atoms with Crippen LogP contribution >= 0.6 is 11.6 Å². The van der Waals surface area contributed by atoms with Gasteiger partial charge in [0.1, 0.15) is 5.75 Å². The van der Waals surface area contributed by atoms with Gasteiger partial charge in [-0.2, -0.15) is 0 Å². The second-order valence-electron chi connectivity index (χ2n) is 4.79. The van der Waals surface area contributed by atoms with Crippen LogP contribution in [0.25, 0.3) is 0 Å². The van der Waals surface area contributed by atoms with Crippen molar-refractivity contribution in [1.82, 2.24) is 0 Å². The molecule has 0 atom stereocenters. The highest BCUT2D eigenvalue weighted by molar-refractivity contribution is 6.17. The molecule has 0 fully saturated rings. The second-order valence-corrected chi connectivity index (χ2v) is 5.17. The molecule has 0 N–H and O–H groups in total. The predicted molar refractivity (Wildman–Crippen MR) is 75.3 cm³/mol. The van der Waals surface area contributed by atoms with Crippen molar-refractivity contribution < 1.29 is 4.74 Å². The molecule has 0 saturated heterocycles. The van der Waals surface area contributed by atoms with E-state index in [1.165, 1.54) is 11.1 Å². The number of hydrogen-bond acceptors (Lipinski definition) is 1. The van der Waals surface area contributed by atoms with Gasteiger partial charge in [0.15, 0.2) is 0 Å². The lowest BCUT2D eigenvalue weighted by Gasteiger charge is -2.14. The molecule has 0 saturated carbocycles. The smallest absolute Gasteiger partial charge is 0.122 e. The van der Waals surface area contributed by atoms with E-state index in [1.807, 2.05) is 0 Å². The molecule has 1 rings (SSSR count). The molecule has 1 nitrogen and oxygen atoms in total. The first-order valence-electron chi connectivity index (χ1n) is 6.44. The van der Waals surface area contributed by atoms with E-state index in [9.17, 15) is 0 Å². The minimum Gasteiger partial charge on any atom is -0.493 e. The molecule has 0 radical (unpaired) electrons. The Morgan fingerprint density at radius 1 is 1.18 bits per heavy atom. The molecule has 0 amide bonds. The van der Waals surface area contributed by atoms with Crippen LogP contribution in [0.15, 0.2) is 18.2 Å². The van der Waals surface area contributed by atoms with E-state index in [0.29, 0.717) is 5.92 Å². The summed E-state index contributed by atoms with van der Waals surface area (Å²) in [5.74, 6) is 2.31. The molecular weight excluding hydrogens is 232 g/mol. The molecule has 0 aliphatic carbocycles. The normalized spacial score (nSPS) is 10.9. The van der Waals surface area contributed by atoms with Crippen molar-refractivity contribution in [2.75, 3.05) is 12.5 Å². The van der Waals surface area contributed by atoms with Crippen molar-refractivity contribution in [3.63, 3.8) is 0 Å². The van der Waals surface area contributed by atoms with E-state index < -0.39 is 0 Å². The number of rotatable bonds is 7. The minimum absolute atomic E-state index is 0.508. The van der Waals surface area contributed by atoms with Crippen molar-refractivity contribution >= 4 is 11.6 Å². The lowest BCUT2D eigenvalue weighted by atomic mass is 10.0. The van der Waals surface area contributed by atoms with Crippen LogP contribution in [0.3, 0.4) is 0 Å². The Balaban J connectivity index is 2.53. The number of alkyl halides is 1. The first kappa shape index (κ1) is 14.4. The largest absolute Gasteiger partial charge is 0.493 e. The Hall–Kier alpha value is -0.690. The zero-order valence-corrected chi connectivity index (χ0v) is 11.9. The van der Waals surface area contributed by atoms with Crippen molar-refractivity contribution in [2.45, 2.75) is 46.0 Å². The first-order valence-corrected chi connectivity index (χ1v) is 6.98. The van der Waals surface area contributed by atoms with Crippen molar-refractivity contribution in [3.05, 3.63) is 29.3 Å². The van der Waals surface area contributed by atoms with Gasteiger partial charge in [-0.3, -0.25) is 0 Å². The molecule has 0 aliphatic rings. The predicted octanol–water partition coefficient (Wildman–Crippen LogP) is 4.91.